The lowest BCUT2D eigenvalue weighted by atomic mass is 9.95. The maximum absolute atomic E-state index is 6.20. The fourth-order valence-electron chi connectivity index (χ4n) is 3.34. The van der Waals surface area contributed by atoms with Crippen molar-refractivity contribution in [2.24, 2.45) is 18.7 Å². The fraction of sp³-hybridized carbons (Fsp3) is 0.500. The molecule has 0 amide bonds. The first kappa shape index (κ1) is 12.5. The molecular formula is C16H22N2O. The number of fused-ring (bicyclic) bond motifs is 1. The molecule has 3 rings (SSSR count). The average molecular weight is 258 g/mol. The number of methoxy groups -OCH3 is 1. The number of aromatic nitrogens is 1. The maximum atomic E-state index is 6.20. The van der Waals surface area contributed by atoms with E-state index in [4.69, 9.17) is 10.5 Å². The van der Waals surface area contributed by atoms with Crippen LogP contribution in [0.4, 0.5) is 0 Å². The summed E-state index contributed by atoms with van der Waals surface area (Å²) in [5.41, 5.74) is 8.85. The molecule has 0 spiro atoms. The molecule has 1 fully saturated rings. The maximum Gasteiger partial charge on any atom is 0.120 e. The van der Waals surface area contributed by atoms with E-state index < -0.39 is 0 Å². The number of ether oxygens (including phenoxy) is 1. The minimum atomic E-state index is 0.383. The van der Waals surface area contributed by atoms with E-state index in [1.54, 1.807) is 7.11 Å². The Balaban J connectivity index is 1.95. The molecule has 102 valence electrons. The molecule has 1 aromatic carbocycles. The van der Waals surface area contributed by atoms with Gasteiger partial charge in [-0.25, -0.2) is 0 Å². The first-order valence-electron chi connectivity index (χ1n) is 7.06. The van der Waals surface area contributed by atoms with Crippen molar-refractivity contribution in [3.8, 4) is 5.75 Å². The molecule has 3 nitrogen and oxygen atoms in total. The second-order valence-electron chi connectivity index (χ2n) is 5.71. The summed E-state index contributed by atoms with van der Waals surface area (Å²) < 4.78 is 7.49. The number of aryl methyl sites for hydroxylation is 1. The van der Waals surface area contributed by atoms with Crippen LogP contribution in [0.1, 0.15) is 24.8 Å². The lowest BCUT2D eigenvalue weighted by molar-refractivity contribution is 0.415. The van der Waals surface area contributed by atoms with Crippen molar-refractivity contribution >= 4 is 10.9 Å². The molecule has 3 heteroatoms. The normalized spacial score (nSPS) is 23.1. The zero-order valence-electron chi connectivity index (χ0n) is 11.7. The zero-order valence-corrected chi connectivity index (χ0v) is 11.7. The topological polar surface area (TPSA) is 40.2 Å². The van der Waals surface area contributed by atoms with Gasteiger partial charge in [-0.3, -0.25) is 0 Å². The van der Waals surface area contributed by atoms with Crippen LogP contribution < -0.4 is 10.5 Å². The van der Waals surface area contributed by atoms with Gasteiger partial charge >= 0.3 is 0 Å². The van der Waals surface area contributed by atoms with Crippen molar-refractivity contribution in [3.63, 3.8) is 0 Å². The SMILES string of the molecule is COc1ccc2c(CC3CCCC3N)cn(C)c2c1. The molecule has 2 N–H and O–H groups in total. The highest BCUT2D eigenvalue weighted by atomic mass is 16.5. The van der Waals surface area contributed by atoms with E-state index in [1.165, 1.54) is 35.7 Å². The Morgan fingerprint density at radius 3 is 2.89 bits per heavy atom. The number of hydrogen-bond acceptors (Lipinski definition) is 2. The monoisotopic (exact) mass is 258 g/mol. The highest BCUT2D eigenvalue weighted by Gasteiger charge is 2.25. The van der Waals surface area contributed by atoms with Crippen LogP contribution >= 0.6 is 0 Å². The van der Waals surface area contributed by atoms with Crippen LogP contribution in [-0.4, -0.2) is 17.7 Å². The van der Waals surface area contributed by atoms with E-state index in [2.05, 4.69) is 29.9 Å². The van der Waals surface area contributed by atoms with Gasteiger partial charge in [-0.05, 0) is 42.9 Å². The van der Waals surface area contributed by atoms with E-state index >= 15 is 0 Å². The quantitative estimate of drug-likeness (QED) is 0.919. The van der Waals surface area contributed by atoms with E-state index in [9.17, 15) is 0 Å². The third kappa shape index (κ3) is 2.23. The molecular weight excluding hydrogens is 236 g/mol. The molecule has 2 unspecified atom stereocenters. The van der Waals surface area contributed by atoms with Crippen molar-refractivity contribution in [3.05, 3.63) is 30.0 Å². The van der Waals surface area contributed by atoms with Crippen molar-refractivity contribution in [1.82, 2.24) is 4.57 Å². The standard InChI is InChI=1S/C16H22N2O/c1-18-10-12(8-11-4-3-5-15(11)17)14-7-6-13(19-2)9-16(14)18/h6-7,9-11,15H,3-5,8,17H2,1-2H3. The fourth-order valence-corrected chi connectivity index (χ4v) is 3.34. The smallest absolute Gasteiger partial charge is 0.120 e. The van der Waals surface area contributed by atoms with Gasteiger partial charge in [0.15, 0.2) is 0 Å². The van der Waals surface area contributed by atoms with Gasteiger partial charge in [0.25, 0.3) is 0 Å². The van der Waals surface area contributed by atoms with Crippen LogP contribution in [0.3, 0.4) is 0 Å². The van der Waals surface area contributed by atoms with E-state index in [0.717, 1.165) is 12.2 Å². The molecule has 0 radical (unpaired) electrons. The molecule has 1 aliphatic rings. The Bertz CT molecular complexity index is 588. The van der Waals surface area contributed by atoms with Crippen LogP contribution in [0.25, 0.3) is 10.9 Å². The lowest BCUT2D eigenvalue weighted by Crippen LogP contribution is -2.25. The van der Waals surface area contributed by atoms with Gasteiger partial charge in [-0.15, -0.1) is 0 Å². The van der Waals surface area contributed by atoms with Gasteiger partial charge in [-0.1, -0.05) is 6.42 Å². The third-order valence-corrected chi connectivity index (χ3v) is 4.48. The van der Waals surface area contributed by atoms with Crippen molar-refractivity contribution in [1.29, 1.82) is 0 Å². The summed E-state index contributed by atoms with van der Waals surface area (Å²) in [6, 6.07) is 6.70. The second-order valence-corrected chi connectivity index (χ2v) is 5.71. The molecule has 1 heterocycles. The van der Waals surface area contributed by atoms with Gasteiger partial charge in [0.2, 0.25) is 0 Å². The Hall–Kier alpha value is -1.48. The van der Waals surface area contributed by atoms with E-state index in [1.807, 2.05) is 6.07 Å². The van der Waals surface area contributed by atoms with Crippen LogP contribution in [0, 0.1) is 5.92 Å². The van der Waals surface area contributed by atoms with Gasteiger partial charge in [-0.2, -0.15) is 0 Å². The number of benzene rings is 1. The molecule has 2 atom stereocenters. The Kier molecular flexibility index (Phi) is 3.23. The Morgan fingerprint density at radius 1 is 1.37 bits per heavy atom. The van der Waals surface area contributed by atoms with Crippen LogP contribution in [0.2, 0.25) is 0 Å². The molecule has 2 aromatic rings. The van der Waals surface area contributed by atoms with Crippen LogP contribution in [0.5, 0.6) is 5.75 Å². The molecule has 0 aliphatic heterocycles. The summed E-state index contributed by atoms with van der Waals surface area (Å²) in [6.07, 6.45) is 7.08. The predicted octanol–water partition coefficient (Wildman–Crippen LogP) is 2.86. The molecule has 19 heavy (non-hydrogen) atoms. The first-order chi connectivity index (χ1) is 9.19. The summed E-state index contributed by atoms with van der Waals surface area (Å²) in [7, 11) is 3.81. The van der Waals surface area contributed by atoms with Crippen molar-refractivity contribution in [2.45, 2.75) is 31.7 Å². The summed E-state index contributed by atoms with van der Waals surface area (Å²) >= 11 is 0. The Labute approximate surface area is 114 Å². The molecule has 0 saturated heterocycles. The molecule has 1 saturated carbocycles. The van der Waals surface area contributed by atoms with Crippen LogP contribution in [0.15, 0.2) is 24.4 Å². The number of nitrogens with zero attached hydrogens (tertiary/aromatic N) is 1. The predicted molar refractivity (Wildman–Crippen MR) is 78.5 cm³/mol. The number of nitrogens with two attached hydrogens (primary N) is 1. The van der Waals surface area contributed by atoms with Crippen molar-refractivity contribution < 1.29 is 4.74 Å². The van der Waals surface area contributed by atoms with Crippen LogP contribution in [-0.2, 0) is 13.5 Å². The first-order valence-corrected chi connectivity index (χ1v) is 7.06. The third-order valence-electron chi connectivity index (χ3n) is 4.48. The van der Waals surface area contributed by atoms with Gasteiger partial charge in [0.1, 0.15) is 5.75 Å². The summed E-state index contributed by atoms with van der Waals surface area (Å²) in [4.78, 5) is 0. The van der Waals surface area contributed by atoms with Gasteiger partial charge in [0.05, 0.1) is 12.6 Å². The van der Waals surface area contributed by atoms with E-state index in [-0.39, 0.29) is 0 Å². The lowest BCUT2D eigenvalue weighted by Gasteiger charge is -2.14. The minimum absolute atomic E-state index is 0.383. The largest absolute Gasteiger partial charge is 0.497 e. The Morgan fingerprint density at radius 2 is 2.21 bits per heavy atom. The minimum Gasteiger partial charge on any atom is -0.497 e. The van der Waals surface area contributed by atoms with E-state index in [0.29, 0.717) is 12.0 Å². The van der Waals surface area contributed by atoms with Gasteiger partial charge < -0.3 is 15.0 Å². The van der Waals surface area contributed by atoms with Crippen molar-refractivity contribution in [2.75, 3.05) is 7.11 Å². The summed E-state index contributed by atoms with van der Waals surface area (Å²) in [5.74, 6) is 1.56. The highest BCUT2D eigenvalue weighted by molar-refractivity contribution is 5.85. The summed E-state index contributed by atoms with van der Waals surface area (Å²) in [5, 5.41) is 1.34. The molecule has 1 aromatic heterocycles. The van der Waals surface area contributed by atoms with Gasteiger partial charge in [0, 0.05) is 30.7 Å². The number of hydrogen-bond donors (Lipinski definition) is 1. The zero-order chi connectivity index (χ0) is 13.4. The average Bonchev–Trinajstić information content (AvgIpc) is 2.95. The number of rotatable bonds is 3. The summed E-state index contributed by atoms with van der Waals surface area (Å²) in [6.45, 7) is 0. The molecule has 0 bridgehead atoms. The second kappa shape index (κ2) is 4.89. The highest BCUT2D eigenvalue weighted by Crippen LogP contribution is 2.31. The molecule has 1 aliphatic carbocycles.